The summed E-state index contributed by atoms with van der Waals surface area (Å²) in [5, 5.41) is 29.9. The van der Waals surface area contributed by atoms with Crippen LogP contribution in [-0.4, -0.2) is 54.9 Å². The molecule has 0 fully saturated rings. The molecule has 0 aromatic heterocycles. The summed E-state index contributed by atoms with van der Waals surface area (Å²) >= 11 is 0. The first-order valence-corrected chi connectivity index (χ1v) is 7.09. The van der Waals surface area contributed by atoms with Crippen LogP contribution in [0.25, 0.3) is 0 Å². The average molecular weight is 311 g/mol. The van der Waals surface area contributed by atoms with Crippen LogP contribution < -0.4 is 5.32 Å². The van der Waals surface area contributed by atoms with E-state index >= 15 is 0 Å². The molecule has 0 spiro atoms. The number of hydrogen-bond donors (Lipinski definition) is 4. The number of aliphatic hydroxyl groups is 3. The van der Waals surface area contributed by atoms with Crippen molar-refractivity contribution in [1.82, 2.24) is 0 Å². The van der Waals surface area contributed by atoms with Gasteiger partial charge in [0.15, 0.2) is 0 Å². The van der Waals surface area contributed by atoms with Crippen LogP contribution in [0.1, 0.15) is 0 Å². The van der Waals surface area contributed by atoms with E-state index in [1.54, 1.807) is 0 Å². The first-order valence-electron chi connectivity index (χ1n) is 5.55. The van der Waals surface area contributed by atoms with Gasteiger partial charge in [-0.15, -0.1) is 0 Å². The third kappa shape index (κ3) is 3.23. The van der Waals surface area contributed by atoms with E-state index in [1.807, 2.05) is 0 Å². The number of nitrogens with one attached hydrogen (secondary N) is 1. The smallest absolute Gasteiger partial charge is 0.341 e. The van der Waals surface area contributed by atoms with E-state index < -0.39 is 45.8 Å². The zero-order valence-electron chi connectivity index (χ0n) is 10.3. The molecular formula is C11H15F2NO5S. The lowest BCUT2D eigenvalue weighted by Gasteiger charge is -2.30. The summed E-state index contributed by atoms with van der Waals surface area (Å²) in [6, 6.07) is 4.83. The highest BCUT2D eigenvalue weighted by molar-refractivity contribution is 7.91. The van der Waals surface area contributed by atoms with E-state index in [0.717, 1.165) is 6.07 Å². The highest BCUT2D eigenvalue weighted by Gasteiger charge is 2.33. The maximum Gasteiger partial charge on any atom is 0.341 e. The zero-order chi connectivity index (χ0) is 15.4. The summed E-state index contributed by atoms with van der Waals surface area (Å²) < 4.78 is 48.2. The first-order chi connectivity index (χ1) is 9.33. The number of para-hydroxylation sites is 1. The number of anilines is 1. The number of hydrogen-bond acceptors (Lipinski definition) is 6. The Morgan fingerprint density at radius 3 is 2.05 bits per heavy atom. The summed E-state index contributed by atoms with van der Waals surface area (Å²) in [6.07, 6.45) is 0. The van der Waals surface area contributed by atoms with Crippen molar-refractivity contribution in [3.8, 4) is 0 Å². The molecule has 0 amide bonds. The van der Waals surface area contributed by atoms with Gasteiger partial charge in [-0.05, 0) is 12.1 Å². The lowest BCUT2D eigenvalue weighted by Crippen LogP contribution is -2.49. The van der Waals surface area contributed by atoms with Crippen LogP contribution in [-0.2, 0) is 9.84 Å². The first kappa shape index (κ1) is 16.8. The van der Waals surface area contributed by atoms with Gasteiger partial charge in [-0.2, -0.15) is 8.78 Å². The molecule has 114 valence electrons. The number of sulfone groups is 1. The van der Waals surface area contributed by atoms with Crippen molar-refractivity contribution >= 4 is 15.5 Å². The van der Waals surface area contributed by atoms with Crippen molar-refractivity contribution in [2.24, 2.45) is 0 Å². The van der Waals surface area contributed by atoms with Gasteiger partial charge in [0.1, 0.15) is 5.54 Å². The quantitative estimate of drug-likeness (QED) is 0.556. The summed E-state index contributed by atoms with van der Waals surface area (Å²) in [5.41, 5.74) is -1.85. The molecule has 0 saturated carbocycles. The summed E-state index contributed by atoms with van der Waals surface area (Å²) in [7, 11) is -4.85. The van der Waals surface area contributed by atoms with Gasteiger partial charge in [-0.3, -0.25) is 0 Å². The largest absolute Gasteiger partial charge is 0.394 e. The van der Waals surface area contributed by atoms with Gasteiger partial charge in [0.05, 0.1) is 30.4 Å². The van der Waals surface area contributed by atoms with Gasteiger partial charge in [0.25, 0.3) is 0 Å². The van der Waals surface area contributed by atoms with Crippen LogP contribution in [0.15, 0.2) is 29.2 Å². The molecule has 0 atom stereocenters. The minimum absolute atomic E-state index is 0.232. The van der Waals surface area contributed by atoms with Crippen LogP contribution in [0.3, 0.4) is 0 Å². The molecule has 0 saturated heterocycles. The Morgan fingerprint density at radius 1 is 1.10 bits per heavy atom. The molecular weight excluding hydrogens is 296 g/mol. The Bertz CT molecular complexity index is 537. The van der Waals surface area contributed by atoms with Gasteiger partial charge in [-0.1, -0.05) is 12.1 Å². The maximum absolute atomic E-state index is 12.6. The molecule has 1 aromatic carbocycles. The van der Waals surface area contributed by atoms with Crippen LogP contribution in [0.5, 0.6) is 0 Å². The SMILES string of the molecule is O=S(=O)(c1ccccc1NC(CO)(CO)CO)C(F)F. The molecule has 0 heterocycles. The topological polar surface area (TPSA) is 107 Å². The van der Waals surface area contributed by atoms with E-state index in [9.17, 15) is 17.2 Å². The summed E-state index contributed by atoms with van der Waals surface area (Å²) in [6.45, 7) is -2.16. The van der Waals surface area contributed by atoms with Crippen molar-refractivity contribution < 1.29 is 32.5 Å². The molecule has 20 heavy (non-hydrogen) atoms. The fraction of sp³-hybridized carbons (Fsp3) is 0.455. The van der Waals surface area contributed by atoms with E-state index in [4.69, 9.17) is 15.3 Å². The second kappa shape index (κ2) is 6.44. The van der Waals surface area contributed by atoms with Crippen molar-refractivity contribution in [2.45, 2.75) is 16.2 Å². The van der Waals surface area contributed by atoms with Gasteiger partial charge in [-0.25, -0.2) is 8.42 Å². The minimum atomic E-state index is -4.85. The number of halogens is 2. The van der Waals surface area contributed by atoms with E-state index in [1.165, 1.54) is 18.2 Å². The Morgan fingerprint density at radius 2 is 1.60 bits per heavy atom. The van der Waals surface area contributed by atoms with Crippen LogP contribution in [0, 0.1) is 0 Å². The normalized spacial score (nSPS) is 12.7. The molecule has 1 rings (SSSR count). The van der Waals surface area contributed by atoms with Crippen molar-refractivity contribution in [3.63, 3.8) is 0 Å². The Labute approximate surface area is 114 Å². The van der Waals surface area contributed by atoms with Gasteiger partial charge in [0.2, 0.25) is 9.84 Å². The molecule has 0 bridgehead atoms. The second-order valence-corrected chi connectivity index (χ2v) is 6.07. The van der Waals surface area contributed by atoms with Crippen molar-refractivity contribution in [3.05, 3.63) is 24.3 Å². The number of rotatable bonds is 7. The highest BCUT2D eigenvalue weighted by atomic mass is 32.2. The van der Waals surface area contributed by atoms with Gasteiger partial charge in [0, 0.05) is 0 Å². The summed E-state index contributed by atoms with van der Waals surface area (Å²) in [5.74, 6) is -3.60. The lowest BCUT2D eigenvalue weighted by atomic mass is 10.0. The standard InChI is InChI=1S/C11H15F2NO5S/c12-10(13)20(18,19)9-4-2-1-3-8(9)14-11(5-15,6-16)7-17/h1-4,10,14-17H,5-7H2. The number of alkyl halides is 2. The maximum atomic E-state index is 12.6. The fourth-order valence-electron chi connectivity index (χ4n) is 1.47. The van der Waals surface area contributed by atoms with Crippen LogP contribution in [0.2, 0.25) is 0 Å². The Kier molecular flexibility index (Phi) is 5.40. The molecule has 0 aliphatic rings. The predicted octanol–water partition coefficient (Wildman–Crippen LogP) is -0.189. The van der Waals surface area contributed by atoms with E-state index in [-0.39, 0.29) is 5.69 Å². The molecule has 4 N–H and O–H groups in total. The second-order valence-electron chi connectivity index (χ2n) is 4.18. The molecule has 9 heteroatoms. The Hall–Kier alpha value is -1.29. The van der Waals surface area contributed by atoms with E-state index in [2.05, 4.69) is 5.32 Å². The third-order valence-corrected chi connectivity index (χ3v) is 4.17. The molecule has 0 radical (unpaired) electrons. The van der Waals surface area contributed by atoms with Crippen molar-refractivity contribution in [2.75, 3.05) is 25.1 Å². The molecule has 1 aromatic rings. The van der Waals surface area contributed by atoms with Crippen molar-refractivity contribution in [1.29, 1.82) is 0 Å². The lowest BCUT2D eigenvalue weighted by molar-refractivity contribution is 0.0832. The number of benzene rings is 1. The molecule has 0 aliphatic heterocycles. The molecule has 6 nitrogen and oxygen atoms in total. The molecule has 0 aliphatic carbocycles. The monoisotopic (exact) mass is 311 g/mol. The summed E-state index contributed by atoms with van der Waals surface area (Å²) in [4.78, 5) is -0.672. The van der Waals surface area contributed by atoms with Crippen LogP contribution in [0.4, 0.5) is 14.5 Å². The van der Waals surface area contributed by atoms with Gasteiger partial charge >= 0.3 is 5.76 Å². The van der Waals surface area contributed by atoms with E-state index in [0.29, 0.717) is 0 Å². The molecule has 0 unspecified atom stereocenters. The minimum Gasteiger partial charge on any atom is -0.394 e. The van der Waals surface area contributed by atoms with Gasteiger partial charge < -0.3 is 20.6 Å². The fourth-order valence-corrected chi connectivity index (χ4v) is 2.35. The average Bonchev–Trinajstić information content (AvgIpc) is 2.45. The van der Waals surface area contributed by atoms with Crippen LogP contribution >= 0.6 is 0 Å². The number of aliphatic hydroxyl groups excluding tert-OH is 3. The predicted molar refractivity (Wildman–Crippen MR) is 67.2 cm³/mol. The highest BCUT2D eigenvalue weighted by Crippen LogP contribution is 2.28. The Balaban J connectivity index is 3.28. The zero-order valence-corrected chi connectivity index (χ0v) is 11.1. The third-order valence-electron chi connectivity index (χ3n) is 2.74.